The smallest absolute Gasteiger partial charge is 0.339 e. The third kappa shape index (κ3) is 2.63. The van der Waals surface area contributed by atoms with Gasteiger partial charge >= 0.3 is 5.97 Å². The van der Waals surface area contributed by atoms with Gasteiger partial charge in [-0.1, -0.05) is 12.1 Å². The molecule has 1 fully saturated rings. The lowest BCUT2D eigenvalue weighted by molar-refractivity contribution is 0.0596. The Morgan fingerprint density at radius 1 is 1.42 bits per heavy atom. The molecule has 104 valence electrons. The number of carbonyl (C=O) groups excluding carboxylic acids is 1. The van der Waals surface area contributed by atoms with Crippen LogP contribution in [0.3, 0.4) is 0 Å². The Morgan fingerprint density at radius 3 is 2.68 bits per heavy atom. The maximum atomic E-state index is 12.5. The number of nitrogens with zero attached hydrogens (tertiary/aromatic N) is 1. The van der Waals surface area contributed by atoms with Crippen molar-refractivity contribution < 1.29 is 17.9 Å². The summed E-state index contributed by atoms with van der Waals surface area (Å²) in [5.41, 5.74) is 5.77. The number of esters is 1. The fourth-order valence-electron chi connectivity index (χ4n) is 2.08. The van der Waals surface area contributed by atoms with Gasteiger partial charge in [-0.3, -0.25) is 0 Å². The Labute approximate surface area is 112 Å². The molecule has 1 aromatic carbocycles. The Morgan fingerprint density at radius 2 is 2.11 bits per heavy atom. The number of benzene rings is 1. The summed E-state index contributed by atoms with van der Waals surface area (Å²) in [6.45, 7) is 0.650. The highest BCUT2D eigenvalue weighted by Gasteiger charge is 2.33. The molecule has 0 spiro atoms. The zero-order chi connectivity index (χ0) is 14.0. The predicted molar refractivity (Wildman–Crippen MR) is 69.1 cm³/mol. The molecule has 19 heavy (non-hydrogen) atoms. The van der Waals surface area contributed by atoms with Crippen molar-refractivity contribution >= 4 is 16.0 Å². The highest BCUT2D eigenvalue weighted by molar-refractivity contribution is 7.89. The lowest BCUT2D eigenvalue weighted by atomic mass is 10.2. The second kappa shape index (κ2) is 5.28. The van der Waals surface area contributed by atoms with Gasteiger partial charge in [0, 0.05) is 19.1 Å². The summed E-state index contributed by atoms with van der Waals surface area (Å²) in [5, 5.41) is 0. The number of rotatable bonds is 3. The van der Waals surface area contributed by atoms with Crippen LogP contribution < -0.4 is 5.73 Å². The standard InChI is InChI=1S/C12H16N2O4S/c1-18-12(15)10-4-2-3-5-11(10)19(16,17)14-7-6-9(13)8-14/h2-5,9H,6-8,13H2,1H3/t9-/m0/s1. The molecule has 2 N–H and O–H groups in total. The molecule has 1 saturated heterocycles. The largest absolute Gasteiger partial charge is 0.465 e. The number of nitrogens with two attached hydrogens (primary N) is 1. The molecule has 1 aliphatic heterocycles. The van der Waals surface area contributed by atoms with Crippen molar-refractivity contribution in [2.45, 2.75) is 17.4 Å². The third-order valence-electron chi connectivity index (χ3n) is 3.10. The molecule has 1 aromatic rings. The monoisotopic (exact) mass is 284 g/mol. The zero-order valence-corrected chi connectivity index (χ0v) is 11.4. The SMILES string of the molecule is COC(=O)c1ccccc1S(=O)(=O)N1CC[C@H](N)C1. The molecule has 7 heteroatoms. The number of carbonyl (C=O) groups is 1. The summed E-state index contributed by atoms with van der Waals surface area (Å²) in [5.74, 6) is -0.664. The van der Waals surface area contributed by atoms with Crippen LogP contribution in [0.4, 0.5) is 0 Å². The molecule has 0 bridgehead atoms. The van der Waals surface area contributed by atoms with Crippen LogP contribution in [0.5, 0.6) is 0 Å². The first kappa shape index (κ1) is 14.0. The molecular formula is C12H16N2O4S. The second-order valence-electron chi connectivity index (χ2n) is 4.40. The van der Waals surface area contributed by atoms with Gasteiger partial charge in [0.25, 0.3) is 0 Å². The first-order chi connectivity index (χ1) is 8.96. The predicted octanol–water partition coefficient (Wildman–Crippen LogP) is 0.195. The Hall–Kier alpha value is -1.44. The quantitative estimate of drug-likeness (QED) is 0.801. The van der Waals surface area contributed by atoms with Gasteiger partial charge < -0.3 is 10.5 Å². The highest BCUT2D eigenvalue weighted by Crippen LogP contribution is 2.23. The summed E-state index contributed by atoms with van der Waals surface area (Å²) in [7, 11) is -2.49. The van der Waals surface area contributed by atoms with Crippen molar-refractivity contribution in [2.75, 3.05) is 20.2 Å². The third-order valence-corrected chi connectivity index (χ3v) is 5.02. The minimum absolute atomic E-state index is 0.0315. The van der Waals surface area contributed by atoms with Crippen molar-refractivity contribution in [3.63, 3.8) is 0 Å². The van der Waals surface area contributed by atoms with Gasteiger partial charge in [0.2, 0.25) is 10.0 Å². The van der Waals surface area contributed by atoms with Crippen LogP contribution in [0.15, 0.2) is 29.2 Å². The molecule has 0 amide bonds. The molecule has 0 unspecified atom stereocenters. The van der Waals surface area contributed by atoms with E-state index in [1.165, 1.54) is 23.5 Å². The van der Waals surface area contributed by atoms with Crippen LogP contribution in [0.1, 0.15) is 16.8 Å². The molecule has 0 aromatic heterocycles. The van der Waals surface area contributed by atoms with Crippen LogP contribution in [0, 0.1) is 0 Å². The summed E-state index contributed by atoms with van der Waals surface area (Å²) in [4.78, 5) is 11.6. The van der Waals surface area contributed by atoms with Crippen molar-refractivity contribution in [3.05, 3.63) is 29.8 Å². The summed E-state index contributed by atoms with van der Waals surface area (Å²) in [6, 6.07) is 5.87. The lowest BCUT2D eigenvalue weighted by Crippen LogP contribution is -2.32. The maximum absolute atomic E-state index is 12.5. The van der Waals surface area contributed by atoms with E-state index in [4.69, 9.17) is 5.73 Å². The molecule has 0 aliphatic carbocycles. The van der Waals surface area contributed by atoms with Crippen LogP contribution in [-0.2, 0) is 14.8 Å². The van der Waals surface area contributed by atoms with Crippen molar-refractivity contribution in [1.29, 1.82) is 0 Å². The van der Waals surface area contributed by atoms with Crippen molar-refractivity contribution in [2.24, 2.45) is 5.73 Å². The lowest BCUT2D eigenvalue weighted by Gasteiger charge is -2.17. The van der Waals surface area contributed by atoms with E-state index in [2.05, 4.69) is 4.74 Å². The first-order valence-electron chi connectivity index (χ1n) is 5.90. The van der Waals surface area contributed by atoms with Gasteiger partial charge in [0.1, 0.15) is 0 Å². The van der Waals surface area contributed by atoms with Gasteiger partial charge in [-0.2, -0.15) is 4.31 Å². The maximum Gasteiger partial charge on any atom is 0.339 e. The second-order valence-corrected chi connectivity index (χ2v) is 6.31. The summed E-state index contributed by atoms with van der Waals surface area (Å²) >= 11 is 0. The topological polar surface area (TPSA) is 89.7 Å². The Balaban J connectivity index is 2.44. The fraction of sp³-hybridized carbons (Fsp3) is 0.417. The molecule has 1 heterocycles. The molecular weight excluding hydrogens is 268 g/mol. The van der Waals surface area contributed by atoms with E-state index in [-0.39, 0.29) is 23.0 Å². The van der Waals surface area contributed by atoms with Gasteiger partial charge in [0.15, 0.2) is 0 Å². The number of sulfonamides is 1. The van der Waals surface area contributed by atoms with Crippen LogP contribution in [0.25, 0.3) is 0 Å². The van der Waals surface area contributed by atoms with Crippen molar-refractivity contribution in [3.8, 4) is 0 Å². The van der Waals surface area contributed by atoms with E-state index in [1.54, 1.807) is 12.1 Å². The summed E-state index contributed by atoms with van der Waals surface area (Å²) < 4.78 is 30.9. The Bertz CT molecular complexity index is 585. The van der Waals surface area contributed by atoms with E-state index < -0.39 is 16.0 Å². The van der Waals surface area contributed by atoms with Crippen LogP contribution in [0.2, 0.25) is 0 Å². The fourth-order valence-corrected chi connectivity index (χ4v) is 3.77. The molecule has 0 saturated carbocycles. The molecule has 1 aliphatic rings. The number of hydrogen-bond acceptors (Lipinski definition) is 5. The van der Waals surface area contributed by atoms with Crippen LogP contribution >= 0.6 is 0 Å². The average Bonchev–Trinajstić information content (AvgIpc) is 2.85. The van der Waals surface area contributed by atoms with E-state index >= 15 is 0 Å². The number of methoxy groups -OCH3 is 1. The van der Waals surface area contributed by atoms with E-state index in [9.17, 15) is 13.2 Å². The Kier molecular flexibility index (Phi) is 3.88. The normalized spacial score (nSPS) is 20.4. The van der Waals surface area contributed by atoms with Gasteiger partial charge in [-0.25, -0.2) is 13.2 Å². The molecule has 0 radical (unpaired) electrons. The number of hydrogen-bond donors (Lipinski definition) is 1. The van der Waals surface area contributed by atoms with Crippen molar-refractivity contribution in [1.82, 2.24) is 4.31 Å². The zero-order valence-electron chi connectivity index (χ0n) is 10.6. The van der Waals surface area contributed by atoms with E-state index in [0.29, 0.717) is 13.0 Å². The minimum Gasteiger partial charge on any atom is -0.465 e. The van der Waals surface area contributed by atoms with Gasteiger partial charge in [0.05, 0.1) is 17.6 Å². The average molecular weight is 284 g/mol. The van der Waals surface area contributed by atoms with Gasteiger partial charge in [-0.15, -0.1) is 0 Å². The molecule has 1 atom stereocenters. The highest BCUT2D eigenvalue weighted by atomic mass is 32.2. The molecule has 2 rings (SSSR count). The van der Waals surface area contributed by atoms with E-state index in [1.807, 2.05) is 0 Å². The van der Waals surface area contributed by atoms with Crippen LogP contribution in [-0.4, -0.2) is 44.9 Å². The van der Waals surface area contributed by atoms with E-state index in [0.717, 1.165) is 0 Å². The minimum atomic E-state index is -3.70. The number of ether oxygens (including phenoxy) is 1. The first-order valence-corrected chi connectivity index (χ1v) is 7.34. The molecule has 6 nitrogen and oxygen atoms in total. The summed E-state index contributed by atoms with van der Waals surface area (Å²) in [6.07, 6.45) is 0.625. The van der Waals surface area contributed by atoms with Gasteiger partial charge in [-0.05, 0) is 18.6 Å².